The molecule has 1 heterocycles. The van der Waals surface area contributed by atoms with Gasteiger partial charge in [-0.25, -0.2) is 5.06 Å². The van der Waals surface area contributed by atoms with Gasteiger partial charge in [-0.3, -0.25) is 9.82 Å². The maximum absolute atomic E-state index is 8.87. The third-order valence-corrected chi connectivity index (χ3v) is 6.22. The number of hydrogen-bond donors (Lipinski definition) is 3. The van der Waals surface area contributed by atoms with Crippen LogP contribution in [0.2, 0.25) is 0 Å². The Kier molecular flexibility index (Phi) is 13.9. The van der Waals surface area contributed by atoms with E-state index in [0.29, 0.717) is 17.0 Å². The summed E-state index contributed by atoms with van der Waals surface area (Å²) in [7, 11) is 1.85. The Labute approximate surface area is 204 Å². The quantitative estimate of drug-likeness (QED) is 0.0956. The van der Waals surface area contributed by atoms with Crippen molar-refractivity contribution in [1.82, 2.24) is 20.7 Å². The molecule has 3 N–H and O–H groups in total. The highest BCUT2D eigenvalue weighted by Gasteiger charge is 2.16. The van der Waals surface area contributed by atoms with Crippen molar-refractivity contribution in [3.8, 4) is 6.19 Å². The maximum atomic E-state index is 8.87. The Morgan fingerprint density at radius 2 is 1.85 bits per heavy atom. The lowest BCUT2D eigenvalue weighted by Gasteiger charge is -2.28. The average molecular weight is 474 g/mol. The number of aliphatic imine (C=N–C) groups is 1. The van der Waals surface area contributed by atoms with Crippen LogP contribution in [-0.4, -0.2) is 47.9 Å². The fourth-order valence-electron chi connectivity index (χ4n) is 3.93. The number of nitrogens with one attached hydrogen (secondary N) is 3. The molecule has 0 atom stereocenters. The van der Waals surface area contributed by atoms with Crippen molar-refractivity contribution in [1.29, 1.82) is 5.26 Å². The smallest absolute Gasteiger partial charge is 0.211 e. The first kappa shape index (κ1) is 26.8. The summed E-state index contributed by atoms with van der Waals surface area (Å²) in [6, 6.07) is 3.67. The number of pyridine rings is 1. The molecule has 0 radical (unpaired) electrons. The van der Waals surface area contributed by atoms with Crippen LogP contribution in [0.1, 0.15) is 70.6 Å². The molecule has 1 fully saturated rings. The third-order valence-electron chi connectivity index (χ3n) is 5.82. The Morgan fingerprint density at radius 1 is 1.15 bits per heavy atom. The molecule has 1 aromatic heterocycles. The Bertz CT molecular complexity index is 732. The molecule has 0 bridgehead atoms. The normalized spacial score (nSPS) is 14.4. The molecule has 0 spiro atoms. The van der Waals surface area contributed by atoms with E-state index < -0.39 is 0 Å². The highest BCUT2D eigenvalue weighted by atomic mass is 32.1. The van der Waals surface area contributed by atoms with Crippen molar-refractivity contribution in [2.24, 2.45) is 10.9 Å². The summed E-state index contributed by atoms with van der Waals surface area (Å²) in [5.74, 6) is 1.14. The van der Waals surface area contributed by atoms with E-state index in [-0.39, 0.29) is 0 Å². The van der Waals surface area contributed by atoms with Gasteiger partial charge in [0, 0.05) is 38.2 Å². The lowest BCUT2D eigenvalue weighted by atomic mass is 9.90. The number of hydrogen-bond acceptors (Lipinski definition) is 5. The van der Waals surface area contributed by atoms with Gasteiger partial charge < -0.3 is 16.0 Å². The molecule has 1 aliphatic rings. The minimum atomic E-state index is 0.470. The van der Waals surface area contributed by atoms with Crippen molar-refractivity contribution in [2.45, 2.75) is 70.6 Å². The second-order valence-corrected chi connectivity index (χ2v) is 8.81. The van der Waals surface area contributed by atoms with Gasteiger partial charge in [-0.05, 0) is 56.0 Å². The molecule has 182 valence electrons. The molecule has 1 saturated carbocycles. The summed E-state index contributed by atoms with van der Waals surface area (Å²) in [5, 5.41) is 20.8. The number of unbranched alkanes of at least 4 members (excludes halogenated alkanes) is 5. The first-order valence-electron chi connectivity index (χ1n) is 12.2. The van der Waals surface area contributed by atoms with Crippen LogP contribution in [0.5, 0.6) is 0 Å². The number of nitriles is 1. The van der Waals surface area contributed by atoms with Gasteiger partial charge in [0.25, 0.3) is 0 Å². The maximum Gasteiger partial charge on any atom is 0.211 e. The molecule has 0 saturated heterocycles. The van der Waals surface area contributed by atoms with Crippen LogP contribution in [-0.2, 0) is 4.84 Å². The van der Waals surface area contributed by atoms with E-state index in [4.69, 9.17) is 22.3 Å². The molecule has 0 amide bonds. The van der Waals surface area contributed by atoms with Gasteiger partial charge in [0.2, 0.25) is 12.2 Å². The van der Waals surface area contributed by atoms with Crippen molar-refractivity contribution < 1.29 is 4.84 Å². The summed E-state index contributed by atoms with van der Waals surface area (Å²) in [6.07, 6.45) is 18.6. The van der Waals surface area contributed by atoms with Gasteiger partial charge in [0.15, 0.2) is 5.11 Å². The van der Waals surface area contributed by atoms with Gasteiger partial charge in [0.05, 0.1) is 6.61 Å². The molecular formula is C24H39N7OS. The predicted molar refractivity (Wildman–Crippen MR) is 138 cm³/mol. The minimum Gasteiger partial charge on any atom is -0.364 e. The highest BCUT2D eigenvalue weighted by molar-refractivity contribution is 7.80. The predicted octanol–water partition coefficient (Wildman–Crippen LogP) is 4.58. The molecule has 33 heavy (non-hydrogen) atoms. The van der Waals surface area contributed by atoms with Crippen LogP contribution in [0.4, 0.5) is 5.69 Å². The van der Waals surface area contributed by atoms with Gasteiger partial charge in [0.1, 0.15) is 0 Å². The highest BCUT2D eigenvalue weighted by Crippen LogP contribution is 2.24. The van der Waals surface area contributed by atoms with Gasteiger partial charge in [-0.15, -0.1) is 4.99 Å². The van der Waals surface area contributed by atoms with Crippen LogP contribution >= 0.6 is 12.2 Å². The van der Waals surface area contributed by atoms with E-state index in [9.17, 15) is 0 Å². The molecule has 0 aromatic carbocycles. The second kappa shape index (κ2) is 17.1. The number of hydroxylamine groups is 2. The van der Waals surface area contributed by atoms with Crippen LogP contribution in [0, 0.1) is 17.4 Å². The first-order valence-corrected chi connectivity index (χ1v) is 12.6. The fraction of sp³-hybridized carbons (Fsp3) is 0.667. The van der Waals surface area contributed by atoms with E-state index in [1.807, 2.05) is 30.4 Å². The van der Waals surface area contributed by atoms with E-state index in [1.54, 1.807) is 12.4 Å². The standard InChI is InChI=1S/C24H39N7OS/c1-26-24(33)31(32-19-21-11-7-6-8-12-21)18-10-5-3-2-4-9-15-28-23(29-20-25)30-22-13-16-27-17-14-22/h13-14,16-17,21H,2-12,15,18-19H2,1H3,(H,26,33)(H2,27,28,29,30). The van der Waals surface area contributed by atoms with Crippen molar-refractivity contribution >= 4 is 29.0 Å². The van der Waals surface area contributed by atoms with Crippen molar-refractivity contribution in [3.63, 3.8) is 0 Å². The zero-order chi connectivity index (χ0) is 23.6. The molecule has 9 heteroatoms. The number of guanidine groups is 1. The largest absolute Gasteiger partial charge is 0.364 e. The zero-order valence-electron chi connectivity index (χ0n) is 19.9. The van der Waals surface area contributed by atoms with Crippen LogP contribution in [0.3, 0.4) is 0 Å². The average Bonchev–Trinajstić information content (AvgIpc) is 2.85. The number of aromatic nitrogens is 1. The molecule has 2 rings (SSSR count). The molecule has 1 aromatic rings. The number of anilines is 1. The molecular weight excluding hydrogens is 434 g/mol. The lowest BCUT2D eigenvalue weighted by molar-refractivity contribution is -0.117. The molecule has 1 aliphatic carbocycles. The minimum absolute atomic E-state index is 0.470. The fourth-order valence-corrected chi connectivity index (χ4v) is 4.07. The number of nitrogens with zero attached hydrogens (tertiary/aromatic N) is 4. The van der Waals surface area contributed by atoms with E-state index in [2.05, 4.69) is 25.9 Å². The first-order chi connectivity index (χ1) is 16.2. The van der Waals surface area contributed by atoms with Crippen LogP contribution < -0.4 is 16.0 Å². The molecule has 0 unspecified atom stereocenters. The summed E-state index contributed by atoms with van der Waals surface area (Å²) >= 11 is 5.42. The van der Waals surface area contributed by atoms with E-state index >= 15 is 0 Å². The van der Waals surface area contributed by atoms with E-state index in [0.717, 1.165) is 51.1 Å². The molecule has 8 nitrogen and oxygen atoms in total. The summed E-state index contributed by atoms with van der Waals surface area (Å²) in [4.78, 5) is 13.8. The molecule has 0 aliphatic heterocycles. The van der Waals surface area contributed by atoms with Gasteiger partial charge in [-0.1, -0.05) is 44.9 Å². The summed E-state index contributed by atoms with van der Waals surface area (Å²) in [6.45, 7) is 2.39. The van der Waals surface area contributed by atoms with Gasteiger partial charge >= 0.3 is 0 Å². The second-order valence-electron chi connectivity index (χ2n) is 8.43. The monoisotopic (exact) mass is 473 g/mol. The summed E-state index contributed by atoms with van der Waals surface area (Å²) < 4.78 is 0. The Morgan fingerprint density at radius 3 is 2.55 bits per heavy atom. The van der Waals surface area contributed by atoms with E-state index in [1.165, 1.54) is 44.9 Å². The lowest BCUT2D eigenvalue weighted by Crippen LogP contribution is -2.39. The topological polar surface area (TPSA) is 97.6 Å². The zero-order valence-corrected chi connectivity index (χ0v) is 20.7. The van der Waals surface area contributed by atoms with Crippen LogP contribution in [0.15, 0.2) is 29.5 Å². The Hall–Kier alpha value is -2.44. The Balaban J connectivity index is 1.53. The van der Waals surface area contributed by atoms with Crippen molar-refractivity contribution in [2.75, 3.05) is 32.1 Å². The van der Waals surface area contributed by atoms with Crippen molar-refractivity contribution in [3.05, 3.63) is 24.5 Å². The number of thiocarbonyl (C=S) groups is 1. The van der Waals surface area contributed by atoms with Gasteiger partial charge in [-0.2, -0.15) is 5.26 Å². The number of rotatable bonds is 13. The summed E-state index contributed by atoms with van der Waals surface area (Å²) in [5.41, 5.74) is 0.848. The SMILES string of the molecule is CNC(=S)N(CCCCCCCCN/C(=N\C#N)Nc1ccncc1)OCC1CCCCC1. The van der Waals surface area contributed by atoms with Crippen LogP contribution in [0.25, 0.3) is 0 Å². The third kappa shape index (κ3) is 11.8.